The molecule has 0 spiro atoms. The molecule has 32 heavy (non-hydrogen) atoms. The Bertz CT molecular complexity index is 911. The Morgan fingerprint density at radius 2 is 2.06 bits per heavy atom. The predicted molar refractivity (Wildman–Crippen MR) is 123 cm³/mol. The van der Waals surface area contributed by atoms with Gasteiger partial charge in [0, 0.05) is 44.1 Å². The third kappa shape index (κ3) is 5.81. The Balaban J connectivity index is 1.40. The lowest BCUT2D eigenvalue weighted by Gasteiger charge is -2.28. The molecular weight excluding hydrogens is 409 g/mol. The predicted octanol–water partition coefficient (Wildman–Crippen LogP) is 3.84. The van der Waals surface area contributed by atoms with Gasteiger partial charge in [-0.25, -0.2) is 14.4 Å². The number of anilines is 2. The van der Waals surface area contributed by atoms with Gasteiger partial charge in [-0.15, -0.1) is 0 Å². The number of ether oxygens (including phenoxy) is 1. The van der Waals surface area contributed by atoms with Gasteiger partial charge in [-0.1, -0.05) is 6.92 Å². The molecule has 2 aliphatic heterocycles. The van der Waals surface area contributed by atoms with Gasteiger partial charge in [0.15, 0.2) is 11.6 Å². The maximum Gasteiger partial charge on any atom is 0.229 e. The van der Waals surface area contributed by atoms with Gasteiger partial charge >= 0.3 is 0 Å². The molecule has 2 aliphatic rings. The van der Waals surface area contributed by atoms with E-state index in [1.54, 1.807) is 18.3 Å². The van der Waals surface area contributed by atoms with Crippen molar-refractivity contribution in [2.75, 3.05) is 36.9 Å². The number of amides is 1. The first-order valence-corrected chi connectivity index (χ1v) is 11.6. The lowest BCUT2D eigenvalue weighted by atomic mass is 9.93. The van der Waals surface area contributed by atoms with Crippen molar-refractivity contribution in [3.63, 3.8) is 0 Å². The van der Waals surface area contributed by atoms with E-state index < -0.39 is 0 Å². The highest BCUT2D eigenvalue weighted by Gasteiger charge is 2.25. The van der Waals surface area contributed by atoms with E-state index >= 15 is 0 Å². The third-order valence-corrected chi connectivity index (χ3v) is 6.43. The quantitative estimate of drug-likeness (QED) is 0.605. The van der Waals surface area contributed by atoms with Crippen molar-refractivity contribution in [3.05, 3.63) is 36.3 Å². The van der Waals surface area contributed by atoms with Crippen molar-refractivity contribution in [2.45, 2.75) is 45.1 Å². The van der Waals surface area contributed by atoms with Crippen molar-refractivity contribution in [3.8, 4) is 11.3 Å². The van der Waals surface area contributed by atoms with Crippen molar-refractivity contribution >= 4 is 17.5 Å². The van der Waals surface area contributed by atoms with Crippen LogP contribution in [0.4, 0.5) is 16.0 Å². The zero-order valence-corrected chi connectivity index (χ0v) is 18.6. The molecule has 0 aliphatic carbocycles. The maximum atomic E-state index is 14.3. The molecule has 1 amide bonds. The van der Waals surface area contributed by atoms with Crippen molar-refractivity contribution < 1.29 is 13.9 Å². The highest BCUT2D eigenvalue weighted by Crippen LogP contribution is 2.24. The second-order valence-corrected chi connectivity index (χ2v) is 8.67. The Labute approximate surface area is 188 Å². The number of pyridine rings is 2. The van der Waals surface area contributed by atoms with E-state index in [1.165, 1.54) is 6.07 Å². The smallest absolute Gasteiger partial charge is 0.229 e. The zero-order chi connectivity index (χ0) is 22.3. The monoisotopic (exact) mass is 441 g/mol. The summed E-state index contributed by atoms with van der Waals surface area (Å²) in [6.07, 6.45) is 6.53. The van der Waals surface area contributed by atoms with Crippen LogP contribution < -0.4 is 16.0 Å². The molecule has 2 aromatic rings. The van der Waals surface area contributed by atoms with E-state index in [0.29, 0.717) is 36.6 Å². The molecule has 7 nitrogen and oxygen atoms in total. The summed E-state index contributed by atoms with van der Waals surface area (Å²) in [4.78, 5) is 21.4. The van der Waals surface area contributed by atoms with Crippen molar-refractivity contribution in [1.29, 1.82) is 0 Å². The third-order valence-electron chi connectivity index (χ3n) is 6.43. The minimum atomic E-state index is -0.376. The van der Waals surface area contributed by atoms with Crippen LogP contribution in [0.1, 0.15) is 39.0 Å². The minimum absolute atomic E-state index is 0.0254. The van der Waals surface area contributed by atoms with Crippen LogP contribution in [-0.2, 0) is 9.53 Å². The Morgan fingerprint density at radius 1 is 1.22 bits per heavy atom. The van der Waals surface area contributed by atoms with Crippen molar-refractivity contribution in [2.24, 2.45) is 11.8 Å². The molecule has 4 heterocycles. The van der Waals surface area contributed by atoms with E-state index in [0.717, 1.165) is 50.9 Å². The minimum Gasteiger partial charge on any atom is -0.381 e. The average molecular weight is 442 g/mol. The summed E-state index contributed by atoms with van der Waals surface area (Å²) in [5, 5.41) is 9.52. The van der Waals surface area contributed by atoms with Crippen LogP contribution in [-0.4, -0.2) is 48.2 Å². The average Bonchev–Trinajstić information content (AvgIpc) is 2.84. The molecule has 4 rings (SSSR count). The fourth-order valence-electron chi connectivity index (χ4n) is 4.29. The fraction of sp³-hybridized carbons (Fsp3) is 0.542. The first-order valence-electron chi connectivity index (χ1n) is 11.6. The second kappa shape index (κ2) is 10.8. The molecule has 2 atom stereocenters. The molecule has 0 bridgehead atoms. The Morgan fingerprint density at radius 3 is 2.81 bits per heavy atom. The molecule has 0 saturated carbocycles. The van der Waals surface area contributed by atoms with Crippen LogP contribution in [0.15, 0.2) is 30.5 Å². The number of carbonyl (C=O) groups excluding carboxylic acids is 1. The van der Waals surface area contributed by atoms with Gasteiger partial charge in [-0.2, -0.15) is 0 Å². The molecule has 0 radical (unpaired) electrons. The van der Waals surface area contributed by atoms with E-state index in [-0.39, 0.29) is 23.5 Å². The summed E-state index contributed by atoms with van der Waals surface area (Å²) >= 11 is 0. The highest BCUT2D eigenvalue weighted by molar-refractivity contribution is 5.92. The maximum absolute atomic E-state index is 14.3. The second-order valence-electron chi connectivity index (χ2n) is 8.67. The topological polar surface area (TPSA) is 88.2 Å². The first-order chi connectivity index (χ1) is 15.6. The first kappa shape index (κ1) is 22.6. The lowest BCUT2D eigenvalue weighted by Crippen LogP contribution is -2.43. The standard InChI is InChI=1S/C24H32FN5O2/c1-2-19-4-3-18(15-27-19)24(31)30-22-13-17(7-10-26-22)21-6-5-20(25)23(29-21)28-14-16-8-11-32-12-9-16/h5-7,10,13,16,18-19,27H,2-4,8-9,11-12,14-15H2,1H3,(H,28,29)(H,26,30,31)/t18-,19-/m0/s1. The molecule has 0 unspecified atom stereocenters. The van der Waals surface area contributed by atoms with Gasteiger partial charge in [0.1, 0.15) is 5.82 Å². The molecule has 8 heteroatoms. The van der Waals surface area contributed by atoms with Gasteiger partial charge < -0.3 is 20.7 Å². The number of piperidine rings is 1. The molecule has 3 N–H and O–H groups in total. The van der Waals surface area contributed by atoms with E-state index in [9.17, 15) is 9.18 Å². The summed E-state index contributed by atoms with van der Waals surface area (Å²) < 4.78 is 19.7. The summed E-state index contributed by atoms with van der Waals surface area (Å²) in [6, 6.07) is 7.16. The van der Waals surface area contributed by atoms with Crippen LogP contribution in [0.25, 0.3) is 11.3 Å². The SMILES string of the molecule is CC[C@H]1CC[C@H](C(=O)Nc2cc(-c3ccc(F)c(NCC4CCOCC4)n3)ccn2)CN1. The Hall–Kier alpha value is -2.58. The highest BCUT2D eigenvalue weighted by atomic mass is 19.1. The summed E-state index contributed by atoms with van der Waals surface area (Å²) in [6.45, 7) is 5.02. The lowest BCUT2D eigenvalue weighted by molar-refractivity contribution is -0.120. The van der Waals surface area contributed by atoms with Crippen molar-refractivity contribution in [1.82, 2.24) is 15.3 Å². The van der Waals surface area contributed by atoms with Crippen LogP contribution in [0.2, 0.25) is 0 Å². The van der Waals surface area contributed by atoms with Gasteiger partial charge in [-0.3, -0.25) is 4.79 Å². The number of rotatable bonds is 7. The van der Waals surface area contributed by atoms with Gasteiger partial charge in [0.05, 0.1) is 11.6 Å². The van der Waals surface area contributed by atoms with Crippen LogP contribution in [0, 0.1) is 17.7 Å². The fourth-order valence-corrected chi connectivity index (χ4v) is 4.29. The number of hydrogen-bond donors (Lipinski definition) is 3. The van der Waals surface area contributed by atoms with Crippen LogP contribution in [0.3, 0.4) is 0 Å². The number of halogens is 1. The van der Waals surface area contributed by atoms with Gasteiger partial charge in [-0.05, 0) is 62.3 Å². The molecule has 172 valence electrons. The largest absolute Gasteiger partial charge is 0.381 e. The van der Waals surface area contributed by atoms with E-state index in [4.69, 9.17) is 4.74 Å². The number of carbonyl (C=O) groups is 1. The normalized spacial score (nSPS) is 21.8. The summed E-state index contributed by atoms with van der Waals surface area (Å²) in [7, 11) is 0. The summed E-state index contributed by atoms with van der Waals surface area (Å²) in [5.41, 5.74) is 1.40. The Kier molecular flexibility index (Phi) is 7.65. The van der Waals surface area contributed by atoms with E-state index in [1.807, 2.05) is 6.07 Å². The van der Waals surface area contributed by atoms with E-state index in [2.05, 4.69) is 32.8 Å². The molecule has 2 aromatic heterocycles. The number of nitrogens with one attached hydrogen (secondary N) is 3. The summed E-state index contributed by atoms with van der Waals surface area (Å²) in [5.74, 6) is 0.718. The number of nitrogens with zero attached hydrogens (tertiary/aromatic N) is 2. The van der Waals surface area contributed by atoms with Crippen LogP contribution >= 0.6 is 0 Å². The molecular formula is C24H32FN5O2. The van der Waals surface area contributed by atoms with Gasteiger partial charge in [0.2, 0.25) is 5.91 Å². The number of hydrogen-bond acceptors (Lipinski definition) is 6. The molecule has 2 fully saturated rings. The van der Waals surface area contributed by atoms with Crippen LogP contribution in [0.5, 0.6) is 0 Å². The number of aromatic nitrogens is 2. The molecule has 0 aromatic carbocycles. The molecule has 2 saturated heterocycles. The zero-order valence-electron chi connectivity index (χ0n) is 18.6. The van der Waals surface area contributed by atoms with Gasteiger partial charge in [0.25, 0.3) is 0 Å².